The lowest BCUT2D eigenvalue weighted by molar-refractivity contribution is -0.113. The van der Waals surface area contributed by atoms with Crippen LogP contribution in [-0.2, 0) is 4.79 Å². The number of aromatic nitrogens is 4. The molecule has 4 rings (SSSR count). The number of nitrogens with one attached hydrogen (secondary N) is 1. The van der Waals surface area contributed by atoms with Gasteiger partial charge in [-0.3, -0.25) is 9.36 Å². The second-order valence-corrected chi connectivity index (χ2v) is 9.30. The highest BCUT2D eigenvalue weighted by molar-refractivity contribution is 9.10. The summed E-state index contributed by atoms with van der Waals surface area (Å²) in [6.45, 7) is 3.94. The van der Waals surface area contributed by atoms with Crippen molar-refractivity contribution in [2.45, 2.75) is 19.0 Å². The zero-order valence-electron chi connectivity index (χ0n) is 16.3. The molecule has 0 saturated carbocycles. The Morgan fingerprint density at radius 2 is 1.83 bits per heavy atom. The number of thiazole rings is 1. The Labute approximate surface area is 190 Å². The number of thioether (sulfide) groups is 1. The summed E-state index contributed by atoms with van der Waals surface area (Å²) in [5, 5.41) is 14.5. The fourth-order valence-electron chi connectivity index (χ4n) is 2.80. The predicted octanol–water partition coefficient (Wildman–Crippen LogP) is 5.50. The van der Waals surface area contributed by atoms with Gasteiger partial charge in [0.2, 0.25) is 5.91 Å². The van der Waals surface area contributed by atoms with Crippen molar-refractivity contribution >= 4 is 50.1 Å². The van der Waals surface area contributed by atoms with Gasteiger partial charge in [-0.2, -0.15) is 0 Å². The molecule has 1 N–H and O–H groups in total. The molecule has 9 heteroatoms. The average Bonchev–Trinajstić information content (AvgIpc) is 3.34. The molecule has 0 aliphatic heterocycles. The van der Waals surface area contributed by atoms with E-state index in [-0.39, 0.29) is 11.7 Å². The van der Waals surface area contributed by atoms with Gasteiger partial charge in [0.05, 0.1) is 11.4 Å². The molecule has 30 heavy (non-hydrogen) atoms. The molecule has 152 valence electrons. The number of carbonyl (C=O) groups is 1. The first kappa shape index (κ1) is 20.8. The number of carbonyl (C=O) groups excluding carboxylic acids is 1. The van der Waals surface area contributed by atoms with Gasteiger partial charge in [0.25, 0.3) is 0 Å². The van der Waals surface area contributed by atoms with Crippen molar-refractivity contribution in [1.82, 2.24) is 19.7 Å². The number of halogens is 1. The summed E-state index contributed by atoms with van der Waals surface area (Å²) in [5.41, 5.74) is 4.00. The molecule has 2 aromatic heterocycles. The molecular weight excluding hydrogens is 482 g/mol. The summed E-state index contributed by atoms with van der Waals surface area (Å²) in [6, 6.07) is 16.0. The number of anilines is 1. The quantitative estimate of drug-likeness (QED) is 0.354. The van der Waals surface area contributed by atoms with Crippen LogP contribution < -0.4 is 5.32 Å². The molecule has 0 saturated heterocycles. The molecule has 2 heterocycles. The Morgan fingerprint density at radius 3 is 2.57 bits per heavy atom. The average molecular weight is 500 g/mol. The van der Waals surface area contributed by atoms with Gasteiger partial charge in [0.1, 0.15) is 5.82 Å². The first-order chi connectivity index (χ1) is 14.5. The monoisotopic (exact) mass is 499 g/mol. The minimum atomic E-state index is -0.132. The van der Waals surface area contributed by atoms with Crippen LogP contribution in [0, 0.1) is 13.8 Å². The van der Waals surface area contributed by atoms with E-state index >= 15 is 0 Å². The number of amides is 1. The number of hydrogen-bond acceptors (Lipinski definition) is 6. The summed E-state index contributed by atoms with van der Waals surface area (Å²) in [4.78, 5) is 17.0. The number of hydrogen-bond donors (Lipinski definition) is 1. The summed E-state index contributed by atoms with van der Waals surface area (Å²) >= 11 is 6.18. The molecule has 0 aliphatic rings. The van der Waals surface area contributed by atoms with E-state index in [0.717, 1.165) is 27.2 Å². The highest BCUT2D eigenvalue weighted by Gasteiger charge is 2.14. The third kappa shape index (κ3) is 4.80. The van der Waals surface area contributed by atoms with Crippen molar-refractivity contribution in [3.05, 3.63) is 69.8 Å². The topological polar surface area (TPSA) is 72.7 Å². The largest absolute Gasteiger partial charge is 0.301 e. The van der Waals surface area contributed by atoms with E-state index in [1.54, 1.807) is 0 Å². The standard InChI is InChI=1S/C21H18BrN5OS2/c1-13-3-9-17(10-4-13)27-14(2)25-26-21(27)30-12-19(28)24-20-23-18(11-29-20)15-5-7-16(22)8-6-15/h3-11H,12H2,1-2H3,(H,23,24,28). The molecule has 0 fully saturated rings. The summed E-state index contributed by atoms with van der Waals surface area (Å²) in [6.07, 6.45) is 0. The molecule has 0 aliphatic carbocycles. The third-order valence-electron chi connectivity index (χ3n) is 4.31. The van der Waals surface area contributed by atoms with Crippen LogP contribution in [0.5, 0.6) is 0 Å². The lowest BCUT2D eigenvalue weighted by atomic mass is 10.2. The van der Waals surface area contributed by atoms with Crippen LogP contribution >= 0.6 is 39.0 Å². The van der Waals surface area contributed by atoms with Crippen molar-refractivity contribution < 1.29 is 4.79 Å². The second-order valence-electron chi connectivity index (χ2n) is 6.58. The highest BCUT2D eigenvalue weighted by Crippen LogP contribution is 2.27. The van der Waals surface area contributed by atoms with Gasteiger partial charge in [-0.1, -0.05) is 57.5 Å². The van der Waals surface area contributed by atoms with Gasteiger partial charge in [-0.25, -0.2) is 4.98 Å². The summed E-state index contributed by atoms with van der Waals surface area (Å²) in [5.74, 6) is 0.866. The van der Waals surface area contributed by atoms with Crippen LogP contribution in [0.3, 0.4) is 0 Å². The van der Waals surface area contributed by atoms with Gasteiger partial charge in [0.15, 0.2) is 10.3 Å². The molecule has 0 unspecified atom stereocenters. The molecule has 0 atom stereocenters. The molecule has 0 bridgehead atoms. The van der Waals surface area contributed by atoms with Crippen molar-refractivity contribution in [1.29, 1.82) is 0 Å². The van der Waals surface area contributed by atoms with Gasteiger partial charge in [-0.05, 0) is 38.1 Å². The molecule has 4 aromatic rings. The van der Waals surface area contributed by atoms with Crippen LogP contribution in [0.4, 0.5) is 5.13 Å². The molecular formula is C21H18BrN5OS2. The summed E-state index contributed by atoms with van der Waals surface area (Å²) < 4.78 is 2.97. The number of aryl methyl sites for hydroxylation is 2. The van der Waals surface area contributed by atoms with Gasteiger partial charge >= 0.3 is 0 Å². The Hall–Kier alpha value is -2.49. The van der Waals surface area contributed by atoms with Crippen molar-refractivity contribution in [2.75, 3.05) is 11.1 Å². The van der Waals surface area contributed by atoms with Crippen LogP contribution in [0.2, 0.25) is 0 Å². The molecule has 2 aromatic carbocycles. The predicted molar refractivity (Wildman–Crippen MR) is 125 cm³/mol. The Bertz CT molecular complexity index is 1170. The van der Waals surface area contributed by atoms with E-state index in [2.05, 4.69) is 36.4 Å². The maximum absolute atomic E-state index is 12.4. The maximum Gasteiger partial charge on any atom is 0.236 e. The molecule has 1 amide bonds. The first-order valence-corrected chi connectivity index (χ1v) is 11.8. The van der Waals surface area contributed by atoms with E-state index in [4.69, 9.17) is 0 Å². The smallest absolute Gasteiger partial charge is 0.236 e. The van der Waals surface area contributed by atoms with Crippen LogP contribution in [0.1, 0.15) is 11.4 Å². The Morgan fingerprint density at radius 1 is 1.10 bits per heavy atom. The van der Waals surface area contributed by atoms with Crippen LogP contribution in [-0.4, -0.2) is 31.4 Å². The third-order valence-corrected chi connectivity index (χ3v) is 6.53. The van der Waals surface area contributed by atoms with Crippen molar-refractivity contribution in [2.24, 2.45) is 0 Å². The minimum absolute atomic E-state index is 0.132. The molecule has 0 spiro atoms. The van der Waals surface area contributed by atoms with Gasteiger partial charge in [-0.15, -0.1) is 21.5 Å². The summed E-state index contributed by atoms with van der Waals surface area (Å²) in [7, 11) is 0. The van der Waals surface area contributed by atoms with E-state index < -0.39 is 0 Å². The number of benzene rings is 2. The highest BCUT2D eigenvalue weighted by atomic mass is 79.9. The van der Waals surface area contributed by atoms with Gasteiger partial charge in [0, 0.05) is 21.1 Å². The SMILES string of the molecule is Cc1ccc(-n2c(C)nnc2SCC(=O)Nc2nc(-c3ccc(Br)cc3)cs2)cc1. The maximum atomic E-state index is 12.4. The number of nitrogens with zero attached hydrogens (tertiary/aromatic N) is 4. The molecule has 0 radical (unpaired) electrons. The van der Waals surface area contributed by atoms with Crippen molar-refractivity contribution in [3.63, 3.8) is 0 Å². The first-order valence-electron chi connectivity index (χ1n) is 9.13. The minimum Gasteiger partial charge on any atom is -0.301 e. The van der Waals surface area contributed by atoms with Crippen molar-refractivity contribution in [3.8, 4) is 16.9 Å². The Balaban J connectivity index is 1.40. The second kappa shape index (κ2) is 9.11. The fraction of sp³-hybridized carbons (Fsp3) is 0.143. The normalized spacial score (nSPS) is 10.9. The fourth-order valence-corrected chi connectivity index (χ4v) is 4.60. The van der Waals surface area contributed by atoms with E-state index in [1.807, 2.05) is 72.3 Å². The lowest BCUT2D eigenvalue weighted by Gasteiger charge is -2.08. The van der Waals surface area contributed by atoms with E-state index in [0.29, 0.717) is 10.3 Å². The van der Waals surface area contributed by atoms with Crippen LogP contribution in [0.15, 0.2) is 63.5 Å². The van der Waals surface area contributed by atoms with Crippen LogP contribution in [0.25, 0.3) is 16.9 Å². The zero-order chi connectivity index (χ0) is 21.1. The number of rotatable bonds is 6. The Kier molecular flexibility index (Phi) is 6.31. The molecule has 6 nitrogen and oxygen atoms in total. The van der Waals surface area contributed by atoms with Gasteiger partial charge < -0.3 is 5.32 Å². The van der Waals surface area contributed by atoms with E-state index in [9.17, 15) is 4.79 Å². The lowest BCUT2D eigenvalue weighted by Crippen LogP contribution is -2.14. The van der Waals surface area contributed by atoms with E-state index in [1.165, 1.54) is 28.7 Å². The zero-order valence-corrected chi connectivity index (χ0v) is 19.5.